The highest BCUT2D eigenvalue weighted by molar-refractivity contribution is 14.1. The van der Waals surface area contributed by atoms with E-state index in [2.05, 4.69) is 27.9 Å². The Bertz CT molecular complexity index is 583. The van der Waals surface area contributed by atoms with Gasteiger partial charge in [-0.1, -0.05) is 0 Å². The number of fused-ring (bicyclic) bond motifs is 1. The number of amides is 1. The maximum Gasteiger partial charge on any atom is 0.310 e. The largest absolute Gasteiger partial charge is 0.462 e. The number of esters is 1. The molecule has 20 heavy (non-hydrogen) atoms. The van der Waals surface area contributed by atoms with Crippen LogP contribution in [-0.4, -0.2) is 18.0 Å². The minimum absolute atomic E-state index is 0.0268. The normalized spacial score (nSPS) is 37.0. The summed E-state index contributed by atoms with van der Waals surface area (Å²) in [5.74, 6) is -0.0119. The third-order valence-corrected chi connectivity index (χ3v) is 5.62. The minimum atomic E-state index is -0.206. The summed E-state index contributed by atoms with van der Waals surface area (Å²) in [7, 11) is 0. The summed E-state index contributed by atoms with van der Waals surface area (Å²) in [5, 5.41) is 2.95. The SMILES string of the molecule is O=C(Nc1ccc(I)cc1)[C@@H]1[C@H]2C[C@@H]3[C@@H]1C(=O)O[C@@H]3C2. The van der Waals surface area contributed by atoms with Crippen LogP contribution in [0.15, 0.2) is 24.3 Å². The van der Waals surface area contributed by atoms with Crippen molar-refractivity contribution < 1.29 is 14.3 Å². The lowest BCUT2D eigenvalue weighted by Gasteiger charge is -2.23. The number of carbonyl (C=O) groups is 2. The lowest BCUT2D eigenvalue weighted by Crippen LogP contribution is -2.35. The van der Waals surface area contributed by atoms with E-state index in [1.165, 1.54) is 0 Å². The first kappa shape index (κ1) is 12.6. The summed E-state index contributed by atoms with van der Waals surface area (Å²) in [6, 6.07) is 7.69. The molecule has 5 heteroatoms. The molecule has 1 aromatic rings. The van der Waals surface area contributed by atoms with Gasteiger partial charge in [0.15, 0.2) is 0 Å². The Kier molecular flexibility index (Phi) is 2.80. The van der Waals surface area contributed by atoms with Gasteiger partial charge in [0.25, 0.3) is 0 Å². The summed E-state index contributed by atoms with van der Waals surface area (Å²) in [5.41, 5.74) is 0.793. The van der Waals surface area contributed by atoms with Crippen LogP contribution in [0.4, 0.5) is 5.69 Å². The predicted molar refractivity (Wildman–Crippen MR) is 80.9 cm³/mol. The van der Waals surface area contributed by atoms with Crippen molar-refractivity contribution in [1.29, 1.82) is 0 Å². The number of hydrogen-bond acceptors (Lipinski definition) is 3. The van der Waals surface area contributed by atoms with Crippen LogP contribution in [0.1, 0.15) is 12.8 Å². The summed E-state index contributed by atoms with van der Waals surface area (Å²) >= 11 is 2.23. The zero-order valence-electron chi connectivity index (χ0n) is 10.7. The summed E-state index contributed by atoms with van der Waals surface area (Å²) in [4.78, 5) is 24.4. The number of rotatable bonds is 2. The molecule has 5 atom stereocenters. The Morgan fingerprint density at radius 2 is 2.00 bits per heavy atom. The number of carbonyl (C=O) groups excluding carboxylic acids is 2. The molecule has 2 saturated carbocycles. The molecule has 3 aliphatic rings. The van der Waals surface area contributed by atoms with Crippen LogP contribution in [-0.2, 0) is 14.3 Å². The number of halogens is 1. The van der Waals surface area contributed by atoms with Gasteiger partial charge in [-0.25, -0.2) is 0 Å². The van der Waals surface area contributed by atoms with E-state index < -0.39 is 0 Å². The Morgan fingerprint density at radius 3 is 2.75 bits per heavy atom. The maximum absolute atomic E-state index is 12.5. The summed E-state index contributed by atoms with van der Waals surface area (Å²) in [6.07, 6.45) is 1.91. The topological polar surface area (TPSA) is 55.4 Å². The fourth-order valence-electron chi connectivity index (χ4n) is 4.12. The average molecular weight is 383 g/mol. The second-order valence-corrected chi connectivity index (χ2v) is 7.16. The van der Waals surface area contributed by atoms with Gasteiger partial charge in [0.1, 0.15) is 6.10 Å². The number of benzene rings is 1. The zero-order chi connectivity index (χ0) is 13.9. The van der Waals surface area contributed by atoms with E-state index in [1.54, 1.807) is 0 Å². The highest BCUT2D eigenvalue weighted by Crippen LogP contribution is 2.57. The molecule has 3 fully saturated rings. The highest BCUT2D eigenvalue weighted by Gasteiger charge is 2.63. The van der Waals surface area contributed by atoms with Crippen molar-refractivity contribution in [3.05, 3.63) is 27.8 Å². The molecule has 0 radical (unpaired) electrons. The van der Waals surface area contributed by atoms with Gasteiger partial charge < -0.3 is 10.1 Å². The fourth-order valence-corrected chi connectivity index (χ4v) is 4.48. The van der Waals surface area contributed by atoms with Crippen LogP contribution in [0.25, 0.3) is 0 Å². The van der Waals surface area contributed by atoms with Gasteiger partial charge in [0, 0.05) is 15.2 Å². The lowest BCUT2D eigenvalue weighted by molar-refractivity contribution is -0.145. The van der Waals surface area contributed by atoms with E-state index in [-0.39, 0.29) is 35.7 Å². The second-order valence-electron chi connectivity index (χ2n) is 5.92. The summed E-state index contributed by atoms with van der Waals surface area (Å²) in [6.45, 7) is 0. The second kappa shape index (κ2) is 4.44. The Morgan fingerprint density at radius 1 is 1.25 bits per heavy atom. The van der Waals surface area contributed by atoms with Gasteiger partial charge in [-0.3, -0.25) is 9.59 Å². The molecule has 1 heterocycles. The predicted octanol–water partition coefficient (Wildman–Crippen LogP) is 2.43. The van der Waals surface area contributed by atoms with Gasteiger partial charge in [0.05, 0.1) is 11.8 Å². The number of hydrogen-bond donors (Lipinski definition) is 1. The van der Waals surface area contributed by atoms with E-state index in [0.717, 1.165) is 22.1 Å². The molecule has 4 rings (SSSR count). The molecular weight excluding hydrogens is 369 g/mol. The minimum Gasteiger partial charge on any atom is -0.462 e. The molecule has 2 aliphatic carbocycles. The average Bonchev–Trinajstić information content (AvgIpc) is 3.02. The molecule has 104 valence electrons. The molecule has 1 amide bonds. The molecule has 2 bridgehead atoms. The third kappa shape index (κ3) is 1.78. The van der Waals surface area contributed by atoms with E-state index in [9.17, 15) is 9.59 Å². The maximum atomic E-state index is 12.5. The lowest BCUT2D eigenvalue weighted by atomic mass is 9.79. The Balaban J connectivity index is 1.54. The van der Waals surface area contributed by atoms with Crippen LogP contribution in [0.5, 0.6) is 0 Å². The van der Waals surface area contributed by atoms with Crippen molar-refractivity contribution in [3.8, 4) is 0 Å². The first-order valence-electron chi connectivity index (χ1n) is 6.90. The number of nitrogens with one attached hydrogen (secondary N) is 1. The van der Waals surface area contributed by atoms with Crippen LogP contribution < -0.4 is 5.32 Å². The molecule has 1 aliphatic heterocycles. The third-order valence-electron chi connectivity index (χ3n) is 4.90. The van der Waals surface area contributed by atoms with E-state index in [1.807, 2.05) is 24.3 Å². The van der Waals surface area contributed by atoms with Crippen molar-refractivity contribution in [3.63, 3.8) is 0 Å². The molecule has 1 aromatic carbocycles. The fraction of sp³-hybridized carbons (Fsp3) is 0.467. The first-order chi connectivity index (χ1) is 9.63. The van der Waals surface area contributed by atoms with Crippen LogP contribution in [0, 0.1) is 27.2 Å². The molecular formula is C15H14INO3. The van der Waals surface area contributed by atoms with Gasteiger partial charge in [-0.05, 0) is 65.6 Å². The van der Waals surface area contributed by atoms with Crippen molar-refractivity contribution >= 4 is 40.2 Å². The van der Waals surface area contributed by atoms with E-state index >= 15 is 0 Å². The molecule has 0 aromatic heterocycles. The first-order valence-corrected chi connectivity index (χ1v) is 7.98. The van der Waals surface area contributed by atoms with Crippen molar-refractivity contribution in [2.75, 3.05) is 5.32 Å². The quantitative estimate of drug-likeness (QED) is 0.631. The summed E-state index contributed by atoms with van der Waals surface area (Å²) < 4.78 is 6.49. The molecule has 0 spiro atoms. The highest BCUT2D eigenvalue weighted by atomic mass is 127. The van der Waals surface area contributed by atoms with Crippen LogP contribution >= 0.6 is 22.6 Å². The van der Waals surface area contributed by atoms with Crippen molar-refractivity contribution in [1.82, 2.24) is 0 Å². The van der Waals surface area contributed by atoms with Gasteiger partial charge >= 0.3 is 5.97 Å². The Hall–Kier alpha value is -1.11. The molecule has 1 N–H and O–H groups in total. The standard InChI is InChI=1S/C15H14INO3/c16-8-1-3-9(4-2-8)17-14(18)12-7-5-10-11(6-7)20-15(19)13(10)12/h1-4,7,10-13H,5-6H2,(H,17,18)/t7-,10-,11+,12+,13-/m0/s1. The van der Waals surface area contributed by atoms with Gasteiger partial charge in [0.2, 0.25) is 5.91 Å². The van der Waals surface area contributed by atoms with E-state index in [0.29, 0.717) is 5.92 Å². The zero-order valence-corrected chi connectivity index (χ0v) is 12.9. The molecule has 0 unspecified atom stereocenters. The molecule has 4 nitrogen and oxygen atoms in total. The van der Waals surface area contributed by atoms with Gasteiger partial charge in [-0.15, -0.1) is 0 Å². The molecule has 1 saturated heterocycles. The Labute approximate surface area is 130 Å². The number of ether oxygens (including phenoxy) is 1. The monoisotopic (exact) mass is 383 g/mol. The number of anilines is 1. The van der Waals surface area contributed by atoms with Crippen molar-refractivity contribution in [2.45, 2.75) is 18.9 Å². The van der Waals surface area contributed by atoms with Crippen LogP contribution in [0.3, 0.4) is 0 Å². The van der Waals surface area contributed by atoms with Gasteiger partial charge in [-0.2, -0.15) is 0 Å². The van der Waals surface area contributed by atoms with Crippen LogP contribution in [0.2, 0.25) is 0 Å². The van der Waals surface area contributed by atoms with Crippen molar-refractivity contribution in [2.24, 2.45) is 23.7 Å². The van der Waals surface area contributed by atoms with E-state index in [4.69, 9.17) is 4.74 Å². The smallest absolute Gasteiger partial charge is 0.310 e.